The van der Waals surface area contributed by atoms with Crippen LogP contribution in [0.25, 0.3) is 0 Å². The van der Waals surface area contributed by atoms with Gasteiger partial charge in [-0.25, -0.2) is 4.99 Å². The molecule has 1 fully saturated rings. The third-order valence-corrected chi connectivity index (χ3v) is 5.86. The molecule has 0 bridgehead atoms. The zero-order valence-corrected chi connectivity index (χ0v) is 20.3. The van der Waals surface area contributed by atoms with Crippen molar-refractivity contribution in [3.63, 3.8) is 0 Å². The van der Waals surface area contributed by atoms with Crippen LogP contribution in [-0.2, 0) is 27.2 Å². The molecule has 2 aromatic carbocycles. The van der Waals surface area contributed by atoms with E-state index in [1.165, 1.54) is 7.11 Å². The van der Waals surface area contributed by atoms with E-state index < -0.39 is 6.04 Å². The molecule has 0 radical (unpaired) electrons. The molecule has 1 atom stereocenters. The SMILES string of the molecule is COc1ccc(CC(=O)NC(N)=N[C@H](Cc2ccccc2)C(=O)NCC2CCOCC2)cc1OC. The Labute approximate surface area is 206 Å². The van der Waals surface area contributed by atoms with Crippen molar-refractivity contribution in [2.24, 2.45) is 16.6 Å². The van der Waals surface area contributed by atoms with Crippen molar-refractivity contribution in [1.29, 1.82) is 0 Å². The summed E-state index contributed by atoms with van der Waals surface area (Å²) in [5.74, 6) is 0.819. The molecule has 35 heavy (non-hydrogen) atoms. The Bertz CT molecular complexity index is 1010. The first-order valence-corrected chi connectivity index (χ1v) is 11.7. The molecule has 9 nitrogen and oxygen atoms in total. The van der Waals surface area contributed by atoms with Gasteiger partial charge < -0.3 is 25.3 Å². The number of nitrogens with two attached hydrogens (primary N) is 1. The number of carbonyl (C=O) groups excluding carboxylic acids is 2. The second kappa shape index (κ2) is 13.3. The molecule has 2 amide bonds. The average molecular weight is 483 g/mol. The van der Waals surface area contributed by atoms with Gasteiger partial charge in [-0.2, -0.15) is 0 Å². The van der Waals surface area contributed by atoms with Crippen molar-refractivity contribution in [2.45, 2.75) is 31.7 Å². The number of nitrogens with zero attached hydrogens (tertiary/aromatic N) is 1. The number of aliphatic imine (C=N–C) groups is 1. The zero-order valence-electron chi connectivity index (χ0n) is 20.3. The minimum absolute atomic E-state index is 0.0654. The van der Waals surface area contributed by atoms with Gasteiger partial charge in [-0.3, -0.25) is 14.9 Å². The number of guanidine groups is 1. The summed E-state index contributed by atoms with van der Waals surface area (Å²) >= 11 is 0. The Morgan fingerprint density at radius 3 is 2.46 bits per heavy atom. The Kier molecular flexibility index (Phi) is 9.92. The van der Waals surface area contributed by atoms with Crippen molar-refractivity contribution in [3.8, 4) is 11.5 Å². The van der Waals surface area contributed by atoms with Gasteiger partial charge in [-0.15, -0.1) is 0 Å². The summed E-state index contributed by atoms with van der Waals surface area (Å²) in [4.78, 5) is 29.9. The summed E-state index contributed by atoms with van der Waals surface area (Å²) in [6, 6.07) is 14.1. The molecule has 0 aliphatic carbocycles. The summed E-state index contributed by atoms with van der Waals surface area (Å²) in [5.41, 5.74) is 7.71. The van der Waals surface area contributed by atoms with Crippen LogP contribution >= 0.6 is 0 Å². The zero-order chi connectivity index (χ0) is 25.0. The van der Waals surface area contributed by atoms with Crippen LogP contribution in [0, 0.1) is 5.92 Å². The molecule has 1 heterocycles. The monoisotopic (exact) mass is 482 g/mol. The number of hydrogen-bond donors (Lipinski definition) is 3. The maximum atomic E-state index is 13.0. The van der Waals surface area contributed by atoms with Crippen molar-refractivity contribution in [3.05, 3.63) is 59.7 Å². The smallest absolute Gasteiger partial charge is 0.245 e. The highest BCUT2D eigenvalue weighted by molar-refractivity contribution is 5.98. The van der Waals surface area contributed by atoms with Crippen LogP contribution in [0.15, 0.2) is 53.5 Å². The highest BCUT2D eigenvalue weighted by Gasteiger charge is 2.21. The Hall–Kier alpha value is -3.59. The lowest BCUT2D eigenvalue weighted by Crippen LogP contribution is -2.43. The van der Waals surface area contributed by atoms with Crippen molar-refractivity contribution in [1.82, 2.24) is 10.6 Å². The first-order valence-electron chi connectivity index (χ1n) is 11.7. The Balaban J connectivity index is 1.64. The molecule has 0 aromatic heterocycles. The lowest BCUT2D eigenvalue weighted by Gasteiger charge is -2.23. The minimum atomic E-state index is -0.765. The fourth-order valence-corrected chi connectivity index (χ4v) is 3.91. The van der Waals surface area contributed by atoms with E-state index in [2.05, 4.69) is 15.6 Å². The average Bonchev–Trinajstić information content (AvgIpc) is 2.87. The van der Waals surface area contributed by atoms with Gasteiger partial charge in [0.25, 0.3) is 0 Å². The third-order valence-electron chi connectivity index (χ3n) is 5.86. The standard InChI is InChI=1S/C26H34N4O5/c1-33-22-9-8-20(15-23(22)34-2)16-24(31)30-26(27)29-21(14-18-6-4-3-5-7-18)25(32)28-17-19-10-12-35-13-11-19/h3-9,15,19,21H,10-14,16-17H2,1-2H3,(H,28,32)(H3,27,29,30,31)/t21-/m1/s1. The van der Waals surface area contributed by atoms with Crippen LogP contribution in [0.2, 0.25) is 0 Å². The van der Waals surface area contributed by atoms with E-state index in [0.717, 1.165) is 24.0 Å². The summed E-state index contributed by atoms with van der Waals surface area (Å²) in [5, 5.41) is 5.59. The highest BCUT2D eigenvalue weighted by Crippen LogP contribution is 2.27. The fraction of sp³-hybridized carbons (Fsp3) is 0.423. The lowest BCUT2D eigenvalue weighted by molar-refractivity contribution is -0.123. The van der Waals surface area contributed by atoms with Gasteiger partial charge in [0.15, 0.2) is 17.5 Å². The van der Waals surface area contributed by atoms with Crippen molar-refractivity contribution in [2.75, 3.05) is 34.0 Å². The molecule has 1 aliphatic rings. The van der Waals surface area contributed by atoms with Gasteiger partial charge in [-0.05, 0) is 42.0 Å². The number of methoxy groups -OCH3 is 2. The molecule has 2 aromatic rings. The largest absolute Gasteiger partial charge is 0.493 e. The summed E-state index contributed by atoms with van der Waals surface area (Å²) in [6.07, 6.45) is 2.27. The van der Waals surface area contributed by atoms with Crippen LogP contribution in [0.4, 0.5) is 0 Å². The second-order valence-corrected chi connectivity index (χ2v) is 8.44. The van der Waals surface area contributed by atoms with E-state index in [1.807, 2.05) is 30.3 Å². The minimum Gasteiger partial charge on any atom is -0.493 e. The van der Waals surface area contributed by atoms with Crippen molar-refractivity contribution >= 4 is 17.8 Å². The number of amides is 2. The number of rotatable bonds is 10. The number of hydrogen-bond acceptors (Lipinski definition) is 6. The van der Waals surface area contributed by atoms with Crippen molar-refractivity contribution < 1.29 is 23.8 Å². The Morgan fingerprint density at radius 2 is 1.77 bits per heavy atom. The number of carbonyl (C=O) groups is 2. The van der Waals surface area contributed by atoms with Crippen LogP contribution < -0.4 is 25.8 Å². The molecule has 1 saturated heterocycles. The molecule has 0 spiro atoms. The molecular weight excluding hydrogens is 448 g/mol. The van der Waals surface area contributed by atoms with Crippen LogP contribution in [0.3, 0.4) is 0 Å². The maximum absolute atomic E-state index is 13.0. The first-order chi connectivity index (χ1) is 17.0. The molecule has 0 unspecified atom stereocenters. The van der Waals surface area contributed by atoms with E-state index in [-0.39, 0.29) is 24.2 Å². The van der Waals surface area contributed by atoms with E-state index in [1.54, 1.807) is 25.3 Å². The first kappa shape index (κ1) is 26.0. The molecule has 4 N–H and O–H groups in total. The molecule has 0 saturated carbocycles. The summed E-state index contributed by atoms with van der Waals surface area (Å²) in [6.45, 7) is 1.99. The van der Waals surface area contributed by atoms with Crippen LogP contribution in [0.5, 0.6) is 11.5 Å². The number of nitrogens with one attached hydrogen (secondary N) is 2. The Morgan fingerprint density at radius 1 is 1.06 bits per heavy atom. The van der Waals surface area contributed by atoms with Gasteiger partial charge in [0.1, 0.15) is 6.04 Å². The summed E-state index contributed by atoms with van der Waals surface area (Å²) < 4.78 is 15.9. The second-order valence-electron chi connectivity index (χ2n) is 8.44. The molecule has 1 aliphatic heterocycles. The number of benzene rings is 2. The van der Waals surface area contributed by atoms with Gasteiger partial charge in [0.05, 0.1) is 20.6 Å². The molecule has 3 rings (SSSR count). The third kappa shape index (κ3) is 8.29. The van der Waals surface area contributed by atoms with Gasteiger partial charge in [0, 0.05) is 26.2 Å². The predicted octanol–water partition coefficient (Wildman–Crippen LogP) is 1.83. The van der Waals surface area contributed by atoms with Crippen LogP contribution in [-0.4, -0.2) is 57.8 Å². The quantitative estimate of drug-likeness (QED) is 0.351. The molecule has 9 heteroatoms. The van der Waals surface area contributed by atoms with E-state index in [4.69, 9.17) is 19.9 Å². The molecule has 188 valence electrons. The fourth-order valence-electron chi connectivity index (χ4n) is 3.91. The van der Waals surface area contributed by atoms with E-state index in [0.29, 0.717) is 43.6 Å². The van der Waals surface area contributed by atoms with E-state index in [9.17, 15) is 9.59 Å². The predicted molar refractivity (Wildman–Crippen MR) is 134 cm³/mol. The number of ether oxygens (including phenoxy) is 3. The topological polar surface area (TPSA) is 124 Å². The van der Waals surface area contributed by atoms with Gasteiger partial charge >= 0.3 is 0 Å². The van der Waals surface area contributed by atoms with E-state index >= 15 is 0 Å². The van der Waals surface area contributed by atoms with Gasteiger partial charge in [0.2, 0.25) is 11.8 Å². The highest BCUT2D eigenvalue weighted by atomic mass is 16.5. The van der Waals surface area contributed by atoms with Crippen LogP contribution in [0.1, 0.15) is 24.0 Å². The van der Waals surface area contributed by atoms with Gasteiger partial charge in [-0.1, -0.05) is 36.4 Å². The lowest BCUT2D eigenvalue weighted by atomic mass is 10.00. The summed E-state index contributed by atoms with van der Waals surface area (Å²) in [7, 11) is 3.08. The maximum Gasteiger partial charge on any atom is 0.245 e. The normalized spacial score (nSPS) is 15.2. The molecular formula is C26H34N4O5.